The van der Waals surface area contributed by atoms with Gasteiger partial charge in [-0.05, 0) is 36.0 Å². The monoisotopic (exact) mass is 317 g/mol. The van der Waals surface area contributed by atoms with E-state index in [1.807, 2.05) is 18.2 Å². The van der Waals surface area contributed by atoms with Crippen molar-refractivity contribution in [1.82, 2.24) is 9.97 Å². The maximum Gasteiger partial charge on any atom is 0.238 e. The van der Waals surface area contributed by atoms with Crippen molar-refractivity contribution in [2.45, 2.75) is 42.9 Å². The Morgan fingerprint density at radius 1 is 1.18 bits per heavy atom. The standard InChI is InChI=1S/C16H19N3O2S/c1-10(2)14-7-8-18-16(19-14)13-9-12(13)11-5-3-4-6-15(11)22(17,20)21/h3-8,10,12-13H,9H2,1-2H3,(H2,17,20,21). The van der Waals surface area contributed by atoms with Gasteiger partial charge in [0, 0.05) is 17.8 Å². The molecule has 1 saturated carbocycles. The molecule has 1 fully saturated rings. The van der Waals surface area contributed by atoms with E-state index in [2.05, 4.69) is 23.8 Å². The number of benzene rings is 1. The van der Waals surface area contributed by atoms with Gasteiger partial charge in [-0.25, -0.2) is 23.5 Å². The molecule has 2 unspecified atom stereocenters. The molecule has 1 heterocycles. The third-order valence-electron chi connectivity index (χ3n) is 4.03. The van der Waals surface area contributed by atoms with Crippen LogP contribution in [0.15, 0.2) is 41.4 Å². The van der Waals surface area contributed by atoms with Gasteiger partial charge in [0.1, 0.15) is 5.82 Å². The van der Waals surface area contributed by atoms with E-state index in [0.29, 0.717) is 5.92 Å². The van der Waals surface area contributed by atoms with Crippen molar-refractivity contribution < 1.29 is 8.42 Å². The second-order valence-electron chi connectivity index (χ2n) is 6.03. The molecule has 2 N–H and O–H groups in total. The molecule has 0 radical (unpaired) electrons. The molecule has 3 rings (SSSR count). The van der Waals surface area contributed by atoms with Crippen molar-refractivity contribution in [2.24, 2.45) is 5.14 Å². The summed E-state index contributed by atoms with van der Waals surface area (Å²) in [7, 11) is -3.71. The largest absolute Gasteiger partial charge is 0.241 e. The smallest absolute Gasteiger partial charge is 0.238 e. The van der Waals surface area contributed by atoms with Gasteiger partial charge in [0.15, 0.2) is 0 Å². The van der Waals surface area contributed by atoms with Gasteiger partial charge in [0.2, 0.25) is 10.0 Å². The highest BCUT2D eigenvalue weighted by atomic mass is 32.2. The van der Waals surface area contributed by atoms with Crippen LogP contribution in [0.4, 0.5) is 0 Å². The number of nitrogens with zero attached hydrogens (tertiary/aromatic N) is 2. The van der Waals surface area contributed by atoms with Crippen molar-refractivity contribution in [2.75, 3.05) is 0 Å². The van der Waals surface area contributed by atoms with Gasteiger partial charge >= 0.3 is 0 Å². The summed E-state index contributed by atoms with van der Waals surface area (Å²) in [6.07, 6.45) is 2.63. The summed E-state index contributed by atoms with van der Waals surface area (Å²) in [6.45, 7) is 4.18. The van der Waals surface area contributed by atoms with Crippen LogP contribution in [0.2, 0.25) is 0 Å². The molecule has 0 bridgehead atoms. The second kappa shape index (κ2) is 5.44. The molecular formula is C16H19N3O2S. The molecule has 0 aliphatic heterocycles. The highest BCUT2D eigenvalue weighted by molar-refractivity contribution is 7.89. The predicted octanol–water partition coefficient (Wildman–Crippen LogP) is 2.52. The van der Waals surface area contributed by atoms with Crippen molar-refractivity contribution in [1.29, 1.82) is 0 Å². The summed E-state index contributed by atoms with van der Waals surface area (Å²) in [5, 5.41) is 5.31. The Hall–Kier alpha value is -1.79. The zero-order chi connectivity index (χ0) is 15.9. The van der Waals surface area contributed by atoms with Crippen LogP contribution in [0, 0.1) is 0 Å². The minimum absolute atomic E-state index is 0.122. The molecule has 1 aliphatic carbocycles. The molecule has 1 aromatic carbocycles. The Kier molecular flexibility index (Phi) is 3.74. The summed E-state index contributed by atoms with van der Waals surface area (Å²) >= 11 is 0. The van der Waals surface area contributed by atoms with Crippen molar-refractivity contribution in [3.63, 3.8) is 0 Å². The van der Waals surface area contributed by atoms with Gasteiger partial charge in [-0.15, -0.1) is 0 Å². The molecule has 116 valence electrons. The Labute approximate surface area is 130 Å². The maximum absolute atomic E-state index is 11.7. The maximum atomic E-state index is 11.7. The quantitative estimate of drug-likeness (QED) is 0.938. The first-order valence-electron chi connectivity index (χ1n) is 7.32. The first kappa shape index (κ1) is 15.1. The van der Waals surface area contributed by atoms with E-state index >= 15 is 0 Å². The van der Waals surface area contributed by atoms with Gasteiger partial charge in [-0.1, -0.05) is 32.0 Å². The zero-order valence-electron chi connectivity index (χ0n) is 12.6. The van der Waals surface area contributed by atoms with Gasteiger partial charge in [0.25, 0.3) is 0 Å². The Balaban J connectivity index is 1.91. The number of aromatic nitrogens is 2. The van der Waals surface area contributed by atoms with Gasteiger partial charge in [-0.2, -0.15) is 0 Å². The van der Waals surface area contributed by atoms with Crippen molar-refractivity contribution >= 4 is 10.0 Å². The number of primary sulfonamides is 1. The van der Waals surface area contributed by atoms with Crippen LogP contribution in [-0.2, 0) is 10.0 Å². The Morgan fingerprint density at radius 2 is 1.91 bits per heavy atom. The lowest BCUT2D eigenvalue weighted by Gasteiger charge is -2.08. The van der Waals surface area contributed by atoms with Crippen LogP contribution < -0.4 is 5.14 Å². The minimum atomic E-state index is -3.71. The van der Waals surface area contributed by atoms with E-state index in [1.165, 1.54) is 0 Å². The topological polar surface area (TPSA) is 85.9 Å². The lowest BCUT2D eigenvalue weighted by molar-refractivity contribution is 0.596. The average molecular weight is 317 g/mol. The van der Waals surface area contributed by atoms with Crippen LogP contribution in [0.5, 0.6) is 0 Å². The molecule has 0 saturated heterocycles. The Bertz CT molecular complexity index is 803. The van der Waals surface area contributed by atoms with Gasteiger partial charge < -0.3 is 0 Å². The zero-order valence-corrected chi connectivity index (χ0v) is 13.4. The summed E-state index contributed by atoms with van der Waals surface area (Å²) < 4.78 is 23.4. The van der Waals surface area contributed by atoms with Gasteiger partial charge in [0.05, 0.1) is 4.90 Å². The molecule has 2 aromatic rings. The van der Waals surface area contributed by atoms with Crippen molar-refractivity contribution in [3.8, 4) is 0 Å². The number of sulfonamides is 1. The molecule has 6 heteroatoms. The number of hydrogen-bond donors (Lipinski definition) is 1. The number of hydrogen-bond acceptors (Lipinski definition) is 4. The normalized spacial score (nSPS) is 21.1. The van der Waals surface area contributed by atoms with Gasteiger partial charge in [-0.3, -0.25) is 0 Å². The summed E-state index contributed by atoms with van der Waals surface area (Å²) in [6, 6.07) is 8.84. The molecule has 0 amide bonds. The fourth-order valence-corrected chi connectivity index (χ4v) is 3.57. The SMILES string of the molecule is CC(C)c1ccnc(C2CC2c2ccccc2S(N)(=O)=O)n1. The third kappa shape index (κ3) is 2.89. The fraction of sp³-hybridized carbons (Fsp3) is 0.375. The highest BCUT2D eigenvalue weighted by Gasteiger charge is 2.43. The number of nitrogens with two attached hydrogens (primary N) is 1. The predicted molar refractivity (Wildman–Crippen MR) is 84.0 cm³/mol. The molecule has 22 heavy (non-hydrogen) atoms. The summed E-state index contributed by atoms with van der Waals surface area (Å²) in [5.41, 5.74) is 1.78. The molecule has 1 aromatic heterocycles. The minimum Gasteiger partial charge on any atom is -0.241 e. The van der Waals surface area contributed by atoms with E-state index < -0.39 is 10.0 Å². The number of rotatable bonds is 4. The molecule has 2 atom stereocenters. The van der Waals surface area contributed by atoms with Crippen molar-refractivity contribution in [3.05, 3.63) is 53.6 Å². The van der Waals surface area contributed by atoms with Crippen LogP contribution in [0.25, 0.3) is 0 Å². The van der Waals surface area contributed by atoms with Crippen LogP contribution in [0.1, 0.15) is 55.1 Å². The highest BCUT2D eigenvalue weighted by Crippen LogP contribution is 2.54. The molecular weight excluding hydrogens is 298 g/mol. The fourth-order valence-electron chi connectivity index (χ4n) is 2.76. The Morgan fingerprint density at radius 3 is 2.59 bits per heavy atom. The molecule has 5 nitrogen and oxygen atoms in total. The van der Waals surface area contributed by atoms with E-state index in [9.17, 15) is 8.42 Å². The lowest BCUT2D eigenvalue weighted by atomic mass is 10.1. The lowest BCUT2D eigenvalue weighted by Crippen LogP contribution is -2.14. The molecule has 1 aliphatic rings. The second-order valence-corrected chi connectivity index (χ2v) is 7.56. The van der Waals surface area contributed by atoms with Crippen LogP contribution >= 0.6 is 0 Å². The first-order chi connectivity index (χ1) is 10.4. The summed E-state index contributed by atoms with van der Waals surface area (Å²) in [5.74, 6) is 1.43. The van der Waals surface area contributed by atoms with E-state index in [0.717, 1.165) is 23.5 Å². The van der Waals surface area contributed by atoms with Crippen LogP contribution in [-0.4, -0.2) is 18.4 Å². The van der Waals surface area contributed by atoms with E-state index in [-0.39, 0.29) is 16.7 Å². The van der Waals surface area contributed by atoms with E-state index in [4.69, 9.17) is 5.14 Å². The van der Waals surface area contributed by atoms with E-state index in [1.54, 1.807) is 18.3 Å². The van der Waals surface area contributed by atoms with Crippen LogP contribution in [0.3, 0.4) is 0 Å². The average Bonchev–Trinajstić information content (AvgIpc) is 3.27. The first-order valence-corrected chi connectivity index (χ1v) is 8.87. The third-order valence-corrected chi connectivity index (χ3v) is 5.02. The summed E-state index contributed by atoms with van der Waals surface area (Å²) in [4.78, 5) is 9.18. The molecule has 0 spiro atoms.